The van der Waals surface area contributed by atoms with Crippen LogP contribution >= 0.6 is 0 Å². The highest BCUT2D eigenvalue weighted by molar-refractivity contribution is 5.77. The van der Waals surface area contributed by atoms with Gasteiger partial charge in [-0.2, -0.15) is 4.98 Å². The van der Waals surface area contributed by atoms with Crippen molar-refractivity contribution in [1.82, 2.24) is 9.55 Å². The Balaban J connectivity index is 1.26. The zero-order valence-corrected chi connectivity index (χ0v) is 18.4. The molecule has 3 aromatic carbocycles. The molecular weight excluding hydrogens is 432 g/mol. The highest BCUT2D eigenvalue weighted by Gasteiger charge is 2.53. The van der Waals surface area contributed by atoms with Crippen molar-refractivity contribution in [2.24, 2.45) is 0 Å². The minimum absolute atomic E-state index is 0.180. The van der Waals surface area contributed by atoms with E-state index in [4.69, 9.17) is 18.9 Å². The Bertz CT molecular complexity index is 1340. The lowest BCUT2D eigenvalue weighted by atomic mass is 10.1. The number of rotatable bonds is 7. The van der Waals surface area contributed by atoms with Gasteiger partial charge in [-0.05, 0) is 23.3 Å². The predicted molar refractivity (Wildman–Crippen MR) is 125 cm³/mol. The van der Waals surface area contributed by atoms with Crippen LogP contribution in [0.15, 0.2) is 89.7 Å². The van der Waals surface area contributed by atoms with E-state index in [1.165, 1.54) is 4.57 Å². The Hall–Kier alpha value is -3.52. The molecule has 0 saturated carbocycles. The van der Waals surface area contributed by atoms with Gasteiger partial charge in [0.05, 0.1) is 30.7 Å². The van der Waals surface area contributed by atoms with E-state index in [0.29, 0.717) is 30.7 Å². The molecule has 1 aromatic heterocycles. The SMILES string of the molecule is O=c1c2ccccc2nc2n1C1O[C@H](COCc3ccccc3)[C@@H](OCc3ccccc3)[C@@H]1O2. The summed E-state index contributed by atoms with van der Waals surface area (Å²) in [6.07, 6.45) is -1.93. The lowest BCUT2D eigenvalue weighted by Gasteiger charge is -2.22. The fraction of sp³-hybridized carbons (Fsp3) is 0.259. The molecule has 172 valence electrons. The number of para-hydroxylation sites is 1. The van der Waals surface area contributed by atoms with Gasteiger partial charge < -0.3 is 18.9 Å². The van der Waals surface area contributed by atoms with Crippen molar-refractivity contribution in [2.45, 2.75) is 37.8 Å². The lowest BCUT2D eigenvalue weighted by molar-refractivity contribution is -0.0864. The summed E-state index contributed by atoms with van der Waals surface area (Å²) in [6, 6.07) is 27.4. The van der Waals surface area contributed by atoms with Crippen LogP contribution in [-0.4, -0.2) is 34.5 Å². The zero-order chi connectivity index (χ0) is 22.9. The maximum Gasteiger partial charge on any atom is 0.302 e. The fourth-order valence-corrected chi connectivity index (χ4v) is 4.57. The van der Waals surface area contributed by atoms with Gasteiger partial charge in [-0.1, -0.05) is 72.8 Å². The van der Waals surface area contributed by atoms with Gasteiger partial charge in [0.1, 0.15) is 12.2 Å². The predicted octanol–water partition coefficient (Wildman–Crippen LogP) is 3.86. The molecule has 1 unspecified atom stereocenters. The summed E-state index contributed by atoms with van der Waals surface area (Å²) in [5.41, 5.74) is 2.55. The summed E-state index contributed by atoms with van der Waals surface area (Å²) in [7, 11) is 0. The Morgan fingerprint density at radius 3 is 2.29 bits per heavy atom. The first-order chi connectivity index (χ1) is 16.8. The smallest absolute Gasteiger partial charge is 0.302 e. The maximum absolute atomic E-state index is 13.2. The first-order valence-corrected chi connectivity index (χ1v) is 11.4. The number of benzene rings is 3. The molecule has 1 fully saturated rings. The summed E-state index contributed by atoms with van der Waals surface area (Å²) in [5.74, 6) is 0. The average Bonchev–Trinajstić information content (AvgIpc) is 3.39. The molecule has 7 heteroatoms. The van der Waals surface area contributed by atoms with Gasteiger partial charge >= 0.3 is 6.01 Å². The molecule has 2 aliphatic heterocycles. The largest absolute Gasteiger partial charge is 0.453 e. The molecule has 0 amide bonds. The summed E-state index contributed by atoms with van der Waals surface area (Å²) in [5, 5.41) is 0.532. The van der Waals surface area contributed by atoms with Gasteiger partial charge in [-0.3, -0.25) is 4.79 Å². The molecule has 1 saturated heterocycles. The van der Waals surface area contributed by atoms with Crippen LogP contribution in [0.1, 0.15) is 17.4 Å². The second-order valence-corrected chi connectivity index (χ2v) is 8.50. The molecule has 34 heavy (non-hydrogen) atoms. The van der Waals surface area contributed by atoms with Crippen LogP contribution in [0.5, 0.6) is 6.01 Å². The first-order valence-electron chi connectivity index (χ1n) is 11.4. The standard InChI is InChI=1S/C27H24N2O5/c30-25-20-13-7-8-14-21(20)28-27-29(25)26-24(34-27)23(32-16-19-11-5-2-6-12-19)22(33-26)17-31-15-18-9-3-1-4-10-18/h1-14,22-24,26H,15-17H2/t22-,23-,24+,26?/m1/s1. The Kier molecular flexibility index (Phi) is 5.58. The zero-order valence-electron chi connectivity index (χ0n) is 18.4. The van der Waals surface area contributed by atoms with E-state index in [0.717, 1.165) is 11.1 Å². The molecule has 3 heterocycles. The van der Waals surface area contributed by atoms with Crippen molar-refractivity contribution < 1.29 is 18.9 Å². The molecule has 0 radical (unpaired) electrons. The van der Waals surface area contributed by atoms with E-state index >= 15 is 0 Å². The number of nitrogens with zero attached hydrogens (tertiary/aromatic N) is 2. The Labute approximate surface area is 196 Å². The van der Waals surface area contributed by atoms with Gasteiger partial charge in [0.25, 0.3) is 5.56 Å². The van der Waals surface area contributed by atoms with E-state index in [2.05, 4.69) is 4.98 Å². The van der Waals surface area contributed by atoms with Gasteiger partial charge in [-0.25, -0.2) is 4.57 Å². The summed E-state index contributed by atoms with van der Waals surface area (Å²) in [6.45, 7) is 1.18. The van der Waals surface area contributed by atoms with Crippen molar-refractivity contribution in [2.75, 3.05) is 6.61 Å². The van der Waals surface area contributed by atoms with Gasteiger partial charge in [0, 0.05) is 0 Å². The van der Waals surface area contributed by atoms with Crippen molar-refractivity contribution in [3.63, 3.8) is 0 Å². The van der Waals surface area contributed by atoms with Crippen LogP contribution in [0, 0.1) is 0 Å². The molecular formula is C27H24N2O5. The van der Waals surface area contributed by atoms with Gasteiger partial charge in [0.2, 0.25) is 0 Å². The minimum atomic E-state index is -0.620. The molecule has 6 rings (SSSR count). The van der Waals surface area contributed by atoms with E-state index in [1.807, 2.05) is 72.8 Å². The highest BCUT2D eigenvalue weighted by Crippen LogP contribution is 2.40. The number of hydrogen-bond donors (Lipinski definition) is 0. The summed E-state index contributed by atoms with van der Waals surface area (Å²) >= 11 is 0. The average molecular weight is 456 g/mol. The van der Waals surface area contributed by atoms with Crippen LogP contribution in [0.25, 0.3) is 10.9 Å². The summed E-state index contributed by atoms with van der Waals surface area (Å²) < 4.78 is 26.3. The maximum atomic E-state index is 13.2. The van der Waals surface area contributed by atoms with Gasteiger partial charge in [-0.15, -0.1) is 0 Å². The quantitative estimate of drug-likeness (QED) is 0.421. The molecule has 7 nitrogen and oxygen atoms in total. The molecule has 4 atom stereocenters. The minimum Gasteiger partial charge on any atom is -0.453 e. The first kappa shape index (κ1) is 21.0. The van der Waals surface area contributed by atoms with Crippen LogP contribution in [0.2, 0.25) is 0 Å². The fourth-order valence-electron chi connectivity index (χ4n) is 4.57. The second-order valence-electron chi connectivity index (χ2n) is 8.50. The van der Waals surface area contributed by atoms with Crippen molar-refractivity contribution >= 4 is 10.9 Å². The van der Waals surface area contributed by atoms with Crippen molar-refractivity contribution in [1.29, 1.82) is 0 Å². The van der Waals surface area contributed by atoms with Crippen LogP contribution < -0.4 is 10.3 Å². The number of hydrogen-bond acceptors (Lipinski definition) is 6. The Morgan fingerprint density at radius 1 is 0.853 bits per heavy atom. The monoisotopic (exact) mass is 456 g/mol. The lowest BCUT2D eigenvalue weighted by Crippen LogP contribution is -2.38. The summed E-state index contributed by atoms with van der Waals surface area (Å²) in [4.78, 5) is 17.8. The molecule has 4 aromatic rings. The Morgan fingerprint density at radius 2 is 1.53 bits per heavy atom. The van der Waals surface area contributed by atoms with Crippen LogP contribution in [-0.2, 0) is 27.4 Å². The molecule has 0 spiro atoms. The number of fused-ring (bicyclic) bond motifs is 4. The van der Waals surface area contributed by atoms with E-state index in [1.54, 1.807) is 12.1 Å². The van der Waals surface area contributed by atoms with Crippen molar-refractivity contribution in [3.8, 4) is 6.01 Å². The normalized spacial score (nSPS) is 22.9. The third kappa shape index (κ3) is 3.88. The molecule has 0 bridgehead atoms. The highest BCUT2D eigenvalue weighted by atomic mass is 16.6. The van der Waals surface area contributed by atoms with E-state index < -0.39 is 24.5 Å². The van der Waals surface area contributed by atoms with Gasteiger partial charge in [0.15, 0.2) is 12.3 Å². The third-order valence-electron chi connectivity index (χ3n) is 6.24. The third-order valence-corrected chi connectivity index (χ3v) is 6.24. The van der Waals surface area contributed by atoms with E-state index in [-0.39, 0.29) is 11.6 Å². The van der Waals surface area contributed by atoms with Crippen LogP contribution in [0.4, 0.5) is 0 Å². The van der Waals surface area contributed by atoms with E-state index in [9.17, 15) is 4.79 Å². The number of aromatic nitrogens is 2. The topological polar surface area (TPSA) is 71.8 Å². The second kappa shape index (κ2) is 9.02. The molecule has 0 N–H and O–H groups in total. The molecule has 2 aliphatic rings. The number of ether oxygens (including phenoxy) is 4. The molecule has 0 aliphatic carbocycles. The van der Waals surface area contributed by atoms with Crippen molar-refractivity contribution in [3.05, 3.63) is 106 Å². The van der Waals surface area contributed by atoms with Crippen LogP contribution in [0.3, 0.4) is 0 Å².